The van der Waals surface area contributed by atoms with Gasteiger partial charge in [-0.3, -0.25) is 14.4 Å². The number of likely N-dealkylation sites (N-methyl/N-ethyl adjacent to an activating group) is 1. The second kappa shape index (κ2) is 12.2. The molecular weight excluding hydrogens is 412 g/mol. The highest BCUT2D eigenvalue weighted by molar-refractivity contribution is 5.98. The van der Waals surface area contributed by atoms with E-state index < -0.39 is 29.9 Å². The fourth-order valence-corrected chi connectivity index (χ4v) is 3.08. The molecule has 9 nitrogen and oxygen atoms in total. The van der Waals surface area contributed by atoms with Crippen LogP contribution in [0.5, 0.6) is 0 Å². The normalized spacial score (nSPS) is 12.3. The van der Waals surface area contributed by atoms with E-state index in [-0.39, 0.29) is 24.4 Å². The standard InChI is InChI=1S/C23H28N4O5/c1-15(22(30)27-18-10-6-9-17(12-18)23(31)32)25-20(28)13-19(26-21(29)14-24-2)11-16-7-4-3-5-8-16/h3-10,12,15,19,24H,11,13-14H2,1-2H3,(H,25,28)(H,26,29)(H,27,30)(H,31,32)/t15-,19?/m0/s1. The van der Waals surface area contributed by atoms with Gasteiger partial charge in [-0.25, -0.2) is 4.79 Å². The molecule has 0 aliphatic carbocycles. The maximum Gasteiger partial charge on any atom is 0.335 e. The highest BCUT2D eigenvalue weighted by atomic mass is 16.4. The van der Waals surface area contributed by atoms with E-state index in [0.29, 0.717) is 12.1 Å². The lowest BCUT2D eigenvalue weighted by Crippen LogP contribution is -2.46. The molecule has 0 saturated heterocycles. The summed E-state index contributed by atoms with van der Waals surface area (Å²) in [5.74, 6) is -2.21. The molecule has 9 heteroatoms. The number of carbonyl (C=O) groups excluding carboxylic acids is 3. The molecule has 0 spiro atoms. The molecule has 0 aromatic heterocycles. The molecule has 0 bridgehead atoms. The fourth-order valence-electron chi connectivity index (χ4n) is 3.08. The summed E-state index contributed by atoms with van der Waals surface area (Å²) < 4.78 is 0. The van der Waals surface area contributed by atoms with Crippen molar-refractivity contribution >= 4 is 29.4 Å². The lowest BCUT2D eigenvalue weighted by Gasteiger charge is -2.20. The minimum Gasteiger partial charge on any atom is -0.478 e. The third-order valence-electron chi connectivity index (χ3n) is 4.61. The van der Waals surface area contributed by atoms with E-state index in [1.54, 1.807) is 13.1 Å². The Morgan fingerprint density at radius 2 is 1.66 bits per heavy atom. The van der Waals surface area contributed by atoms with Crippen molar-refractivity contribution in [1.82, 2.24) is 16.0 Å². The molecule has 32 heavy (non-hydrogen) atoms. The Morgan fingerprint density at radius 3 is 2.31 bits per heavy atom. The summed E-state index contributed by atoms with van der Waals surface area (Å²) in [5.41, 5.74) is 1.33. The number of carboxylic acid groups (broad SMARTS) is 1. The van der Waals surface area contributed by atoms with Crippen molar-refractivity contribution in [2.45, 2.75) is 31.8 Å². The molecule has 2 aromatic rings. The second-order valence-electron chi connectivity index (χ2n) is 7.35. The van der Waals surface area contributed by atoms with Gasteiger partial charge in [0.2, 0.25) is 17.7 Å². The predicted octanol–water partition coefficient (Wildman–Crippen LogP) is 1.17. The summed E-state index contributed by atoms with van der Waals surface area (Å²) in [6.07, 6.45) is 0.461. The Kier molecular flexibility index (Phi) is 9.37. The monoisotopic (exact) mass is 440 g/mol. The van der Waals surface area contributed by atoms with Crippen LogP contribution in [-0.2, 0) is 20.8 Å². The Labute approximate surface area is 186 Å². The van der Waals surface area contributed by atoms with Crippen molar-refractivity contribution in [1.29, 1.82) is 0 Å². The van der Waals surface area contributed by atoms with Crippen molar-refractivity contribution in [2.24, 2.45) is 0 Å². The molecule has 0 fully saturated rings. The van der Waals surface area contributed by atoms with Crippen molar-refractivity contribution in [3.05, 3.63) is 65.7 Å². The number of carboxylic acids is 1. The summed E-state index contributed by atoms with van der Waals surface area (Å²) in [7, 11) is 1.66. The zero-order chi connectivity index (χ0) is 23.5. The summed E-state index contributed by atoms with van der Waals surface area (Å²) >= 11 is 0. The molecule has 0 radical (unpaired) electrons. The molecule has 170 valence electrons. The number of aromatic carboxylic acids is 1. The topological polar surface area (TPSA) is 137 Å². The number of hydrogen-bond donors (Lipinski definition) is 5. The van der Waals surface area contributed by atoms with Crippen LogP contribution in [0.1, 0.15) is 29.3 Å². The van der Waals surface area contributed by atoms with Gasteiger partial charge in [0.25, 0.3) is 0 Å². The van der Waals surface area contributed by atoms with E-state index in [0.717, 1.165) is 5.56 Å². The molecule has 2 aromatic carbocycles. The Bertz CT molecular complexity index is 948. The van der Waals surface area contributed by atoms with Gasteiger partial charge in [0, 0.05) is 18.2 Å². The van der Waals surface area contributed by atoms with Crippen molar-refractivity contribution in [2.75, 3.05) is 18.9 Å². The SMILES string of the molecule is CNCC(=O)NC(CC(=O)N[C@@H](C)C(=O)Nc1cccc(C(=O)O)c1)Cc1ccccc1. The van der Waals surface area contributed by atoms with Crippen molar-refractivity contribution in [3.8, 4) is 0 Å². The van der Waals surface area contributed by atoms with Gasteiger partial charge in [0.05, 0.1) is 12.1 Å². The van der Waals surface area contributed by atoms with E-state index in [1.165, 1.54) is 25.1 Å². The lowest BCUT2D eigenvalue weighted by molar-refractivity contribution is -0.127. The number of carbonyl (C=O) groups is 4. The predicted molar refractivity (Wildman–Crippen MR) is 120 cm³/mol. The number of rotatable bonds is 11. The third kappa shape index (κ3) is 8.19. The number of nitrogens with one attached hydrogen (secondary N) is 4. The first-order valence-electron chi connectivity index (χ1n) is 10.2. The minimum atomic E-state index is -1.10. The molecule has 5 N–H and O–H groups in total. The first kappa shape index (κ1) is 24.5. The number of amides is 3. The molecule has 2 atom stereocenters. The summed E-state index contributed by atoms with van der Waals surface area (Å²) in [6.45, 7) is 1.65. The van der Waals surface area contributed by atoms with E-state index in [9.17, 15) is 19.2 Å². The number of hydrogen-bond acceptors (Lipinski definition) is 5. The first-order chi connectivity index (χ1) is 15.3. The van der Waals surface area contributed by atoms with Gasteiger partial charge in [0.15, 0.2) is 0 Å². The van der Waals surface area contributed by atoms with Crippen LogP contribution < -0.4 is 21.3 Å². The van der Waals surface area contributed by atoms with Crippen LogP contribution in [-0.4, -0.2) is 54.5 Å². The van der Waals surface area contributed by atoms with Crippen molar-refractivity contribution in [3.63, 3.8) is 0 Å². The Balaban J connectivity index is 1.96. The number of anilines is 1. The molecule has 0 saturated carbocycles. The second-order valence-corrected chi connectivity index (χ2v) is 7.35. The van der Waals surface area contributed by atoms with Crippen LogP contribution >= 0.6 is 0 Å². The molecule has 3 amide bonds. The van der Waals surface area contributed by atoms with Gasteiger partial charge >= 0.3 is 5.97 Å². The van der Waals surface area contributed by atoms with Gasteiger partial charge in [-0.05, 0) is 44.2 Å². The smallest absolute Gasteiger partial charge is 0.335 e. The van der Waals surface area contributed by atoms with Crippen LogP contribution in [0.3, 0.4) is 0 Å². The molecule has 0 aliphatic rings. The van der Waals surface area contributed by atoms with Gasteiger partial charge in [-0.15, -0.1) is 0 Å². The van der Waals surface area contributed by atoms with Crippen LogP contribution in [0.25, 0.3) is 0 Å². The highest BCUT2D eigenvalue weighted by Crippen LogP contribution is 2.11. The molecule has 0 heterocycles. The Hall–Kier alpha value is -3.72. The van der Waals surface area contributed by atoms with Crippen LogP contribution in [0.15, 0.2) is 54.6 Å². The molecule has 0 aliphatic heterocycles. The fraction of sp³-hybridized carbons (Fsp3) is 0.304. The third-order valence-corrected chi connectivity index (χ3v) is 4.61. The lowest BCUT2D eigenvalue weighted by atomic mass is 10.0. The van der Waals surface area contributed by atoms with E-state index >= 15 is 0 Å². The minimum absolute atomic E-state index is 0.00350. The average Bonchev–Trinajstić information content (AvgIpc) is 2.74. The first-order valence-corrected chi connectivity index (χ1v) is 10.2. The van der Waals surface area contributed by atoms with E-state index in [4.69, 9.17) is 5.11 Å². The van der Waals surface area contributed by atoms with Gasteiger partial charge in [-0.1, -0.05) is 36.4 Å². The molecular formula is C23H28N4O5. The molecule has 2 rings (SSSR count). The quantitative estimate of drug-likeness (QED) is 0.356. The maximum absolute atomic E-state index is 12.6. The summed E-state index contributed by atoms with van der Waals surface area (Å²) in [6, 6.07) is 14.0. The summed E-state index contributed by atoms with van der Waals surface area (Å²) in [4.78, 5) is 48.1. The highest BCUT2D eigenvalue weighted by Gasteiger charge is 2.21. The van der Waals surface area contributed by atoms with Crippen LogP contribution in [0.4, 0.5) is 5.69 Å². The average molecular weight is 441 g/mol. The van der Waals surface area contributed by atoms with Gasteiger partial charge < -0.3 is 26.4 Å². The summed E-state index contributed by atoms with van der Waals surface area (Å²) in [5, 5.41) is 19.9. The number of benzene rings is 2. The maximum atomic E-state index is 12.6. The van der Waals surface area contributed by atoms with E-state index in [1.807, 2.05) is 30.3 Å². The van der Waals surface area contributed by atoms with Crippen LogP contribution in [0.2, 0.25) is 0 Å². The molecule has 1 unspecified atom stereocenters. The van der Waals surface area contributed by atoms with Gasteiger partial charge in [0.1, 0.15) is 6.04 Å². The van der Waals surface area contributed by atoms with Crippen molar-refractivity contribution < 1.29 is 24.3 Å². The van der Waals surface area contributed by atoms with E-state index in [2.05, 4.69) is 21.3 Å². The van der Waals surface area contributed by atoms with Gasteiger partial charge in [-0.2, -0.15) is 0 Å². The largest absolute Gasteiger partial charge is 0.478 e. The van der Waals surface area contributed by atoms with Crippen LogP contribution in [0, 0.1) is 0 Å². The zero-order valence-electron chi connectivity index (χ0n) is 18.1. The zero-order valence-corrected chi connectivity index (χ0v) is 18.1. The Morgan fingerprint density at radius 1 is 0.938 bits per heavy atom.